The quantitative estimate of drug-likeness (QED) is 0.0599. The summed E-state index contributed by atoms with van der Waals surface area (Å²) in [6.07, 6.45) is 36.5. The highest BCUT2D eigenvalue weighted by atomic mass is 16.4. The number of hydrogen-bond acceptors (Lipinski definition) is 3. The molecular formula is C54H116O6. The van der Waals surface area contributed by atoms with E-state index in [9.17, 15) is 29.7 Å². The third-order valence-corrected chi connectivity index (χ3v) is 11.0. The molecule has 0 spiro atoms. The minimum atomic E-state index is -1.28. The van der Waals surface area contributed by atoms with Crippen molar-refractivity contribution in [1.82, 2.24) is 0 Å². The largest absolute Gasteiger partial charge is 0.481 e. The van der Waals surface area contributed by atoms with Gasteiger partial charge in [-0.15, -0.1) is 0 Å². The molecule has 0 aromatic rings. The first kappa shape index (κ1) is 72.8. The van der Waals surface area contributed by atoms with Crippen LogP contribution in [0.1, 0.15) is 310 Å². The van der Waals surface area contributed by atoms with E-state index < -0.39 is 41.1 Å². The number of rotatable bonds is 31. The van der Waals surface area contributed by atoms with Crippen molar-refractivity contribution in [1.29, 1.82) is 0 Å². The number of carboxylic acids is 3. The molecule has 3 unspecified atom stereocenters. The summed E-state index contributed by atoms with van der Waals surface area (Å²) in [4.78, 5) is 35.7. The lowest BCUT2D eigenvalue weighted by Crippen LogP contribution is -2.52. The van der Waals surface area contributed by atoms with E-state index in [1.54, 1.807) is 20.8 Å². The van der Waals surface area contributed by atoms with E-state index in [1.807, 2.05) is 6.92 Å². The third-order valence-electron chi connectivity index (χ3n) is 11.0. The minimum absolute atomic E-state index is 0.217. The summed E-state index contributed by atoms with van der Waals surface area (Å²) < 4.78 is 0. The monoisotopic (exact) mass is 861 g/mol. The fraction of sp³-hybridized carbons (Fsp3) is 0.944. The number of unbranched alkanes of at least 4 members (excludes halogenated alkanes) is 20. The van der Waals surface area contributed by atoms with E-state index in [1.165, 1.54) is 154 Å². The molecule has 0 bridgehead atoms. The lowest BCUT2D eigenvalue weighted by Gasteiger charge is -2.46. The van der Waals surface area contributed by atoms with Gasteiger partial charge in [0.25, 0.3) is 0 Å². The van der Waals surface area contributed by atoms with Gasteiger partial charge in [0.05, 0.1) is 17.8 Å². The Labute approximate surface area is 379 Å². The molecule has 0 aromatic carbocycles. The summed E-state index contributed by atoms with van der Waals surface area (Å²) in [5, 5.41) is 29.2. The Hall–Kier alpha value is -1.59. The Kier molecular flexibility index (Phi) is 77.7. The molecule has 368 valence electrons. The van der Waals surface area contributed by atoms with E-state index in [0.29, 0.717) is 12.8 Å². The smallest absolute Gasteiger partial charge is 0.307 e. The zero-order valence-corrected chi connectivity index (χ0v) is 44.2. The molecule has 0 aromatic heterocycles. The van der Waals surface area contributed by atoms with Gasteiger partial charge in [-0.25, -0.2) is 0 Å². The highest BCUT2D eigenvalue weighted by molar-refractivity contribution is 5.80. The Morgan fingerprint density at radius 2 is 0.417 bits per heavy atom. The predicted octanol–water partition coefficient (Wildman–Crippen LogP) is 19.4. The molecule has 3 atom stereocenters. The van der Waals surface area contributed by atoms with E-state index >= 15 is 0 Å². The van der Waals surface area contributed by atoms with Gasteiger partial charge < -0.3 is 15.3 Å². The summed E-state index contributed by atoms with van der Waals surface area (Å²) in [6, 6.07) is 0. The van der Waals surface area contributed by atoms with Gasteiger partial charge >= 0.3 is 17.9 Å². The average molecular weight is 862 g/mol. The van der Waals surface area contributed by atoms with Crippen molar-refractivity contribution < 1.29 is 29.7 Å². The van der Waals surface area contributed by atoms with Crippen molar-refractivity contribution >= 4 is 17.9 Å². The fourth-order valence-corrected chi connectivity index (χ4v) is 7.29. The zero-order chi connectivity index (χ0) is 47.9. The van der Waals surface area contributed by atoms with Gasteiger partial charge in [-0.3, -0.25) is 14.4 Å². The van der Waals surface area contributed by atoms with Crippen LogP contribution >= 0.6 is 0 Å². The fourth-order valence-electron chi connectivity index (χ4n) is 7.29. The molecule has 60 heavy (non-hydrogen) atoms. The van der Waals surface area contributed by atoms with Crippen molar-refractivity contribution in [2.24, 2.45) is 23.2 Å². The number of carbonyl (C=O) groups is 3. The van der Waals surface area contributed by atoms with Crippen molar-refractivity contribution in [3.05, 3.63) is 0 Å². The van der Waals surface area contributed by atoms with Gasteiger partial charge in [0.15, 0.2) is 0 Å². The molecule has 0 saturated heterocycles. The Balaban J connectivity index is -0.000000127. The Morgan fingerprint density at radius 1 is 0.283 bits per heavy atom. The van der Waals surface area contributed by atoms with E-state index in [2.05, 4.69) is 83.1 Å². The van der Waals surface area contributed by atoms with E-state index in [4.69, 9.17) is 0 Å². The maximum Gasteiger partial charge on any atom is 0.307 e. The van der Waals surface area contributed by atoms with Crippen LogP contribution < -0.4 is 0 Å². The lowest BCUT2D eigenvalue weighted by atomic mass is 9.55. The Bertz CT molecular complexity index is 641. The highest BCUT2D eigenvalue weighted by Gasteiger charge is 2.56. The van der Waals surface area contributed by atoms with E-state index in [0.717, 1.165) is 12.8 Å². The maximum atomic E-state index is 11.9. The summed E-state index contributed by atoms with van der Waals surface area (Å²) in [7, 11) is 0. The van der Waals surface area contributed by atoms with Gasteiger partial charge in [0, 0.05) is 5.41 Å². The molecule has 3 N–H and O–H groups in total. The third kappa shape index (κ3) is 50.8. The van der Waals surface area contributed by atoms with Crippen LogP contribution in [0.4, 0.5) is 0 Å². The topological polar surface area (TPSA) is 112 Å². The molecule has 0 aliphatic carbocycles. The summed E-state index contributed by atoms with van der Waals surface area (Å²) >= 11 is 0. The van der Waals surface area contributed by atoms with Gasteiger partial charge in [0.1, 0.15) is 0 Å². The molecule has 6 nitrogen and oxygen atoms in total. The van der Waals surface area contributed by atoms with Crippen molar-refractivity contribution in [3.63, 3.8) is 0 Å². The summed E-state index contributed by atoms with van der Waals surface area (Å²) in [6.45, 7) is 33.9. The Morgan fingerprint density at radius 3 is 0.517 bits per heavy atom. The first-order valence-corrected chi connectivity index (χ1v) is 26.4. The maximum absolute atomic E-state index is 11.9. The van der Waals surface area contributed by atoms with Crippen LogP contribution in [0, 0.1) is 23.2 Å². The second-order valence-electron chi connectivity index (χ2n) is 16.7. The number of aliphatic carboxylic acids is 3. The van der Waals surface area contributed by atoms with Gasteiger partial charge in [-0.1, -0.05) is 284 Å². The summed E-state index contributed by atoms with van der Waals surface area (Å²) in [5.74, 6) is -6.28. The number of carboxylic acid groups (broad SMARTS) is 3. The second kappa shape index (κ2) is 64.0. The SMILES string of the molecule is CCCCCC.CCCCCC.CCCCCC.CCCCCC.CCCCCC.CCCCCC.CCCCCC(C(CC)C(=O)O)(C(CC)C(=O)O)C(CC)C(=O)O. The first-order chi connectivity index (χ1) is 28.7. The molecule has 6 heteroatoms. The summed E-state index contributed by atoms with van der Waals surface area (Å²) in [5.41, 5.74) is -1.28. The second-order valence-corrected chi connectivity index (χ2v) is 16.7. The molecule has 0 amide bonds. The van der Waals surface area contributed by atoms with Crippen LogP contribution in [0.5, 0.6) is 0 Å². The molecule has 0 fully saturated rings. The van der Waals surface area contributed by atoms with E-state index in [-0.39, 0.29) is 19.3 Å². The van der Waals surface area contributed by atoms with Crippen LogP contribution in [0.25, 0.3) is 0 Å². The molecule has 0 rings (SSSR count). The van der Waals surface area contributed by atoms with Gasteiger partial charge in [-0.05, 0) is 25.7 Å². The standard InChI is InChI=1S/C18H32O6.6C6H14/c1-5-9-10-11-18(12(6-2)15(19)20,13(7-3)16(21)22)14(8-4)17(23)24;6*1-3-5-6-4-2/h12-14H,5-11H2,1-4H3,(H,19,20)(H,21,22)(H,23,24);6*3-6H2,1-2H3. The molecule has 0 aliphatic heterocycles. The minimum Gasteiger partial charge on any atom is -0.481 e. The normalized spacial score (nSPS) is 12.4. The molecule has 0 saturated carbocycles. The van der Waals surface area contributed by atoms with Crippen LogP contribution in [-0.2, 0) is 14.4 Å². The van der Waals surface area contributed by atoms with Gasteiger partial charge in [-0.2, -0.15) is 0 Å². The molecule has 0 heterocycles. The average Bonchev–Trinajstić information content (AvgIpc) is 3.23. The van der Waals surface area contributed by atoms with Crippen molar-refractivity contribution in [2.75, 3.05) is 0 Å². The molecule has 0 aliphatic rings. The van der Waals surface area contributed by atoms with Gasteiger partial charge in [0.2, 0.25) is 0 Å². The van der Waals surface area contributed by atoms with Crippen LogP contribution in [-0.4, -0.2) is 33.2 Å². The predicted molar refractivity (Wildman–Crippen MR) is 270 cm³/mol. The molecule has 0 radical (unpaired) electrons. The van der Waals surface area contributed by atoms with Crippen LogP contribution in [0.2, 0.25) is 0 Å². The van der Waals surface area contributed by atoms with Crippen molar-refractivity contribution in [2.45, 2.75) is 310 Å². The lowest BCUT2D eigenvalue weighted by molar-refractivity contribution is -0.170. The first-order valence-electron chi connectivity index (χ1n) is 26.4. The molecular weight excluding hydrogens is 745 g/mol. The van der Waals surface area contributed by atoms with Crippen LogP contribution in [0.15, 0.2) is 0 Å². The zero-order valence-electron chi connectivity index (χ0n) is 44.2. The number of hydrogen-bond donors (Lipinski definition) is 3. The van der Waals surface area contributed by atoms with Crippen molar-refractivity contribution in [3.8, 4) is 0 Å². The van der Waals surface area contributed by atoms with Crippen LogP contribution in [0.3, 0.4) is 0 Å². The highest BCUT2D eigenvalue weighted by Crippen LogP contribution is 2.51.